The van der Waals surface area contributed by atoms with Crippen LogP contribution in [-0.4, -0.2) is 49.1 Å². The van der Waals surface area contributed by atoms with E-state index in [1.807, 2.05) is 24.3 Å². The van der Waals surface area contributed by atoms with Crippen LogP contribution in [0.1, 0.15) is 60.5 Å². The number of likely N-dealkylation sites (tertiary alicyclic amines) is 1. The highest BCUT2D eigenvalue weighted by molar-refractivity contribution is 6.04. The molecule has 0 radical (unpaired) electrons. The van der Waals surface area contributed by atoms with Gasteiger partial charge in [0.15, 0.2) is 11.5 Å². The van der Waals surface area contributed by atoms with E-state index in [1.54, 1.807) is 12.1 Å². The van der Waals surface area contributed by atoms with Crippen LogP contribution in [0, 0.1) is 0 Å². The molecule has 0 aromatic heterocycles. The number of para-hydroxylation sites is 1. The van der Waals surface area contributed by atoms with E-state index in [0.29, 0.717) is 24.5 Å². The van der Waals surface area contributed by atoms with Gasteiger partial charge < -0.3 is 20.1 Å². The highest BCUT2D eigenvalue weighted by atomic mass is 16.6. The molecule has 33 heavy (non-hydrogen) atoms. The van der Waals surface area contributed by atoms with Gasteiger partial charge in [0, 0.05) is 12.1 Å². The Morgan fingerprint density at radius 3 is 2.58 bits per heavy atom. The van der Waals surface area contributed by atoms with E-state index in [1.165, 1.54) is 0 Å². The third kappa shape index (κ3) is 4.98. The number of nitrogens with one attached hydrogen (secondary N) is 2. The van der Waals surface area contributed by atoms with E-state index in [9.17, 15) is 9.59 Å². The molecule has 1 unspecified atom stereocenters. The van der Waals surface area contributed by atoms with Crippen LogP contribution in [0.3, 0.4) is 0 Å². The molecular formula is C26H31N3O4. The van der Waals surface area contributed by atoms with Gasteiger partial charge in [-0.2, -0.15) is 0 Å². The first kappa shape index (κ1) is 21.8. The minimum atomic E-state index is -0.117. The monoisotopic (exact) mass is 449 g/mol. The summed E-state index contributed by atoms with van der Waals surface area (Å²) < 4.78 is 11.4. The minimum Gasteiger partial charge on any atom is -0.486 e. The zero-order valence-electron chi connectivity index (χ0n) is 18.8. The van der Waals surface area contributed by atoms with Crippen molar-refractivity contribution in [1.29, 1.82) is 0 Å². The Morgan fingerprint density at radius 1 is 0.939 bits per heavy atom. The van der Waals surface area contributed by atoms with Crippen LogP contribution in [0.15, 0.2) is 42.5 Å². The summed E-state index contributed by atoms with van der Waals surface area (Å²) in [6.45, 7) is 2.26. The van der Waals surface area contributed by atoms with E-state index in [4.69, 9.17) is 9.47 Å². The second-order valence-corrected chi connectivity index (χ2v) is 9.08. The molecule has 2 amide bonds. The standard InChI is InChI=1S/C26H31N3O4/c30-25(28-21-9-4-3-8-20(21)26(31)27-19-6-1-2-7-19)17-29-13-5-10-22(29)18-11-12-23-24(16-18)33-15-14-32-23/h3-4,8-9,11-12,16,19,22H,1-2,5-7,10,13-15,17H2,(H,27,31)(H,28,30). The second kappa shape index (κ2) is 9.83. The molecule has 2 fully saturated rings. The second-order valence-electron chi connectivity index (χ2n) is 9.08. The summed E-state index contributed by atoms with van der Waals surface area (Å²) in [7, 11) is 0. The van der Waals surface area contributed by atoms with Gasteiger partial charge in [0.05, 0.1) is 17.8 Å². The van der Waals surface area contributed by atoms with Gasteiger partial charge in [-0.3, -0.25) is 14.5 Å². The van der Waals surface area contributed by atoms with Crippen molar-refractivity contribution in [2.45, 2.75) is 50.6 Å². The smallest absolute Gasteiger partial charge is 0.253 e. The van der Waals surface area contributed by atoms with Gasteiger partial charge >= 0.3 is 0 Å². The summed E-state index contributed by atoms with van der Waals surface area (Å²) >= 11 is 0. The number of benzene rings is 2. The van der Waals surface area contributed by atoms with Gasteiger partial charge in [0.1, 0.15) is 13.2 Å². The summed E-state index contributed by atoms with van der Waals surface area (Å²) in [6.07, 6.45) is 6.39. The predicted octanol–water partition coefficient (Wildman–Crippen LogP) is 3.91. The maximum absolute atomic E-state index is 13.0. The lowest BCUT2D eigenvalue weighted by Crippen LogP contribution is -2.35. The van der Waals surface area contributed by atoms with Gasteiger partial charge in [0.25, 0.3) is 5.91 Å². The fraction of sp³-hybridized carbons (Fsp3) is 0.462. The number of anilines is 1. The molecule has 3 aliphatic rings. The largest absolute Gasteiger partial charge is 0.486 e. The number of carbonyl (C=O) groups excluding carboxylic acids is 2. The topological polar surface area (TPSA) is 79.9 Å². The predicted molar refractivity (Wildman–Crippen MR) is 126 cm³/mol. The van der Waals surface area contributed by atoms with Crippen LogP contribution in [0.5, 0.6) is 11.5 Å². The van der Waals surface area contributed by atoms with Crippen LogP contribution in [0.2, 0.25) is 0 Å². The zero-order chi connectivity index (χ0) is 22.6. The normalized spacial score (nSPS) is 20.5. The van der Waals surface area contributed by atoms with Crippen LogP contribution in [0.25, 0.3) is 0 Å². The lowest BCUT2D eigenvalue weighted by Gasteiger charge is -2.26. The molecule has 2 heterocycles. The number of amides is 2. The molecule has 174 valence electrons. The maximum atomic E-state index is 13.0. The molecule has 1 atom stereocenters. The van der Waals surface area contributed by atoms with Crippen molar-refractivity contribution >= 4 is 17.5 Å². The van der Waals surface area contributed by atoms with E-state index in [2.05, 4.69) is 21.6 Å². The van der Waals surface area contributed by atoms with Crippen LogP contribution in [0.4, 0.5) is 5.69 Å². The quantitative estimate of drug-likeness (QED) is 0.699. The van der Waals surface area contributed by atoms with Crippen molar-refractivity contribution in [3.63, 3.8) is 0 Å². The van der Waals surface area contributed by atoms with Gasteiger partial charge in [-0.1, -0.05) is 31.0 Å². The van der Waals surface area contributed by atoms with E-state index in [0.717, 1.165) is 62.1 Å². The SMILES string of the molecule is O=C(CN1CCCC1c1ccc2c(c1)OCCO2)Nc1ccccc1C(=O)NC1CCCC1. The number of rotatable bonds is 6. The molecule has 2 aliphatic heterocycles. The Hall–Kier alpha value is -3.06. The first-order valence-corrected chi connectivity index (χ1v) is 12.0. The van der Waals surface area contributed by atoms with Crippen molar-refractivity contribution in [3.8, 4) is 11.5 Å². The van der Waals surface area contributed by atoms with E-state index < -0.39 is 0 Å². The molecule has 1 aliphatic carbocycles. The van der Waals surface area contributed by atoms with Crippen molar-refractivity contribution < 1.29 is 19.1 Å². The molecule has 0 spiro atoms. The molecule has 5 rings (SSSR count). The highest BCUT2D eigenvalue weighted by Gasteiger charge is 2.29. The molecule has 2 aromatic carbocycles. The summed E-state index contributed by atoms with van der Waals surface area (Å²) in [5.74, 6) is 1.32. The summed E-state index contributed by atoms with van der Waals surface area (Å²) in [6, 6.07) is 13.7. The molecule has 1 saturated carbocycles. The Kier molecular flexibility index (Phi) is 6.48. The molecule has 2 N–H and O–H groups in total. The Balaban J connectivity index is 1.24. The molecule has 7 nitrogen and oxygen atoms in total. The summed E-state index contributed by atoms with van der Waals surface area (Å²) in [4.78, 5) is 28.0. The molecule has 0 bridgehead atoms. The zero-order valence-corrected chi connectivity index (χ0v) is 18.8. The van der Waals surface area contributed by atoms with Crippen molar-refractivity contribution in [2.24, 2.45) is 0 Å². The number of fused-ring (bicyclic) bond motifs is 1. The maximum Gasteiger partial charge on any atom is 0.253 e. The van der Waals surface area contributed by atoms with Crippen LogP contribution >= 0.6 is 0 Å². The molecular weight excluding hydrogens is 418 g/mol. The third-order valence-electron chi connectivity index (χ3n) is 6.80. The van der Waals surface area contributed by atoms with Gasteiger partial charge in [-0.25, -0.2) is 0 Å². The lowest BCUT2D eigenvalue weighted by atomic mass is 10.0. The van der Waals surface area contributed by atoms with Gasteiger partial charge in [-0.05, 0) is 62.1 Å². The number of nitrogens with zero attached hydrogens (tertiary/aromatic N) is 1. The highest BCUT2D eigenvalue weighted by Crippen LogP contribution is 2.38. The van der Waals surface area contributed by atoms with Crippen LogP contribution in [-0.2, 0) is 4.79 Å². The Labute approximate surface area is 194 Å². The van der Waals surface area contributed by atoms with Gasteiger partial charge in [-0.15, -0.1) is 0 Å². The molecule has 2 aromatic rings. The summed E-state index contributed by atoms with van der Waals surface area (Å²) in [5, 5.41) is 6.09. The third-order valence-corrected chi connectivity index (χ3v) is 6.80. The average molecular weight is 450 g/mol. The average Bonchev–Trinajstić information content (AvgIpc) is 3.51. The number of carbonyl (C=O) groups is 2. The first-order chi connectivity index (χ1) is 16.2. The van der Waals surface area contributed by atoms with Crippen molar-refractivity contribution in [2.75, 3.05) is 31.6 Å². The fourth-order valence-corrected chi connectivity index (χ4v) is 5.16. The van der Waals surface area contributed by atoms with Crippen LogP contribution < -0.4 is 20.1 Å². The first-order valence-electron chi connectivity index (χ1n) is 12.0. The van der Waals surface area contributed by atoms with E-state index in [-0.39, 0.29) is 30.4 Å². The Bertz CT molecular complexity index is 1020. The van der Waals surface area contributed by atoms with E-state index >= 15 is 0 Å². The van der Waals surface area contributed by atoms with Gasteiger partial charge in [0.2, 0.25) is 5.91 Å². The van der Waals surface area contributed by atoms with Crippen molar-refractivity contribution in [3.05, 3.63) is 53.6 Å². The molecule has 1 saturated heterocycles. The lowest BCUT2D eigenvalue weighted by molar-refractivity contribution is -0.117. The number of hydrogen-bond acceptors (Lipinski definition) is 5. The van der Waals surface area contributed by atoms with Crippen molar-refractivity contribution in [1.82, 2.24) is 10.2 Å². The summed E-state index contributed by atoms with van der Waals surface area (Å²) in [5.41, 5.74) is 2.22. The minimum absolute atomic E-state index is 0.111. The molecule has 7 heteroatoms. The number of hydrogen-bond donors (Lipinski definition) is 2. The number of ether oxygens (including phenoxy) is 2. The Morgan fingerprint density at radius 2 is 1.73 bits per heavy atom. The fourth-order valence-electron chi connectivity index (χ4n) is 5.16.